The molecule has 12 nitrogen and oxygen atoms in total. The molecule has 250 valence electrons. The van der Waals surface area contributed by atoms with E-state index in [9.17, 15) is 23.6 Å². The minimum atomic E-state index is -0.938. The molecule has 0 radical (unpaired) electrons. The van der Waals surface area contributed by atoms with E-state index < -0.39 is 23.8 Å². The van der Waals surface area contributed by atoms with E-state index in [0.717, 1.165) is 50.7 Å². The molecule has 6 N–H and O–H groups in total. The van der Waals surface area contributed by atoms with E-state index in [0.29, 0.717) is 44.6 Å². The predicted molar refractivity (Wildman–Crippen MR) is 169 cm³/mol. The lowest BCUT2D eigenvalue weighted by atomic mass is 10.0. The van der Waals surface area contributed by atoms with Gasteiger partial charge in [-0.25, -0.2) is 10.2 Å². The van der Waals surface area contributed by atoms with Gasteiger partial charge in [0.05, 0.1) is 17.8 Å². The third-order valence-corrected chi connectivity index (χ3v) is 7.97. The molecule has 0 bridgehead atoms. The second kappa shape index (κ2) is 17.6. The molecule has 3 rings (SSSR count). The number of halogens is 1. The predicted octanol–water partition coefficient (Wildman–Crippen LogP) is 2.24. The number of ether oxygens (including phenoxy) is 1. The first-order chi connectivity index (χ1) is 21.5. The summed E-state index contributed by atoms with van der Waals surface area (Å²) >= 11 is 0. The lowest BCUT2D eigenvalue weighted by molar-refractivity contribution is -0.145. The van der Waals surface area contributed by atoms with Gasteiger partial charge in [-0.3, -0.25) is 19.2 Å². The van der Waals surface area contributed by atoms with E-state index in [2.05, 4.69) is 10.6 Å². The molecule has 2 unspecified atom stereocenters. The number of carbonyl (C=O) groups excluding carboxylic acids is 4. The molecule has 1 fully saturated rings. The van der Waals surface area contributed by atoms with Gasteiger partial charge >= 0.3 is 0 Å². The van der Waals surface area contributed by atoms with Crippen molar-refractivity contribution >= 4 is 23.6 Å². The standard InChI is InChI=1S/C32H50FN7O5/c1-22(2)17-26-31(43)40-16-10-11-27(40)32(44)38(3)20-29(41)36-14-8-6-4-5-7-9-15-39(35)19-24(34)21-45-28-18-23(33)12-13-25(28)30(42)37-26/h12-13,18-19,22,26-27H,4-11,14-17,20-21,34-35H2,1-3H3,(H,36,41)(H,37,42)/b24-19-. The van der Waals surface area contributed by atoms with Crippen LogP contribution in [0, 0.1) is 11.7 Å². The number of rotatable bonds is 2. The van der Waals surface area contributed by atoms with Crippen LogP contribution in [-0.4, -0.2) is 90.4 Å². The number of nitrogens with zero attached hydrogens (tertiary/aromatic N) is 3. The number of nitrogens with two attached hydrogens (primary N) is 2. The van der Waals surface area contributed by atoms with Gasteiger partial charge < -0.3 is 35.9 Å². The molecule has 0 aromatic heterocycles. The smallest absolute Gasteiger partial charge is 0.255 e. The van der Waals surface area contributed by atoms with Crippen LogP contribution in [0.1, 0.15) is 82.0 Å². The molecular formula is C32H50FN7O5. The fourth-order valence-corrected chi connectivity index (χ4v) is 5.65. The van der Waals surface area contributed by atoms with Crippen LogP contribution < -0.4 is 26.9 Å². The van der Waals surface area contributed by atoms with Crippen LogP contribution >= 0.6 is 0 Å². The average molecular weight is 632 g/mol. The Morgan fingerprint density at radius 3 is 2.44 bits per heavy atom. The number of carbonyl (C=O) groups is 4. The molecule has 1 aromatic carbocycles. The van der Waals surface area contributed by atoms with Crippen molar-refractivity contribution in [3.63, 3.8) is 0 Å². The van der Waals surface area contributed by atoms with Crippen LogP contribution in [0.2, 0.25) is 0 Å². The van der Waals surface area contributed by atoms with Crippen molar-refractivity contribution < 1.29 is 28.3 Å². The van der Waals surface area contributed by atoms with E-state index in [4.69, 9.17) is 16.3 Å². The summed E-state index contributed by atoms with van der Waals surface area (Å²) in [5.41, 5.74) is 6.44. The molecule has 2 heterocycles. The van der Waals surface area contributed by atoms with Crippen molar-refractivity contribution in [2.45, 2.75) is 83.7 Å². The highest BCUT2D eigenvalue weighted by Crippen LogP contribution is 2.24. The number of hydrazine groups is 1. The maximum atomic E-state index is 14.2. The number of benzene rings is 1. The van der Waals surface area contributed by atoms with Crippen LogP contribution in [0.15, 0.2) is 30.1 Å². The summed E-state index contributed by atoms with van der Waals surface area (Å²) < 4.78 is 20.0. The molecule has 2 aliphatic heterocycles. The Morgan fingerprint density at radius 2 is 1.71 bits per heavy atom. The van der Waals surface area contributed by atoms with Crippen molar-refractivity contribution in [2.75, 3.05) is 39.8 Å². The lowest BCUT2D eigenvalue weighted by Crippen LogP contribution is -2.54. The van der Waals surface area contributed by atoms with Crippen molar-refractivity contribution in [3.05, 3.63) is 41.5 Å². The van der Waals surface area contributed by atoms with Gasteiger partial charge in [-0.2, -0.15) is 0 Å². The summed E-state index contributed by atoms with van der Waals surface area (Å²) in [6, 6.07) is 1.86. The molecule has 2 aliphatic rings. The number of likely N-dealkylation sites (N-methyl/N-ethyl adjacent to an activating group) is 1. The average Bonchev–Trinajstić information content (AvgIpc) is 3.47. The van der Waals surface area contributed by atoms with Crippen LogP contribution in [-0.2, 0) is 14.4 Å². The highest BCUT2D eigenvalue weighted by Gasteiger charge is 2.39. The SMILES string of the molecule is CC(C)CC1NC(=O)c2ccc(F)cc2OC/C(N)=C/N(N)CCCCCCCCNC(=O)CN(C)C(=O)C2CCCN2C1=O. The van der Waals surface area contributed by atoms with Crippen molar-refractivity contribution in [1.82, 2.24) is 25.4 Å². The Kier molecular flexibility index (Phi) is 13.9. The number of nitrogens with one attached hydrogen (secondary N) is 2. The second-order valence-corrected chi connectivity index (χ2v) is 12.4. The summed E-state index contributed by atoms with van der Waals surface area (Å²) in [5.74, 6) is 3.91. The highest BCUT2D eigenvalue weighted by molar-refractivity contribution is 6.00. The number of fused-ring (bicyclic) bond motifs is 2. The van der Waals surface area contributed by atoms with Gasteiger partial charge in [0.2, 0.25) is 17.7 Å². The first kappa shape index (κ1) is 35.6. The fraction of sp³-hybridized carbons (Fsp3) is 0.625. The Labute approximate surface area is 265 Å². The van der Waals surface area contributed by atoms with Gasteiger partial charge in [0, 0.05) is 38.9 Å². The molecule has 2 atom stereocenters. The van der Waals surface area contributed by atoms with Crippen molar-refractivity contribution in [1.29, 1.82) is 0 Å². The minimum absolute atomic E-state index is 0.0289. The minimum Gasteiger partial charge on any atom is -0.486 e. The first-order valence-electron chi connectivity index (χ1n) is 16.0. The Bertz CT molecular complexity index is 1210. The molecule has 0 spiro atoms. The molecule has 1 saturated heterocycles. The number of hydrogen-bond donors (Lipinski definition) is 4. The molecule has 0 saturated carbocycles. The van der Waals surface area contributed by atoms with Crippen LogP contribution in [0.3, 0.4) is 0 Å². The Hall–Kier alpha value is -3.87. The van der Waals surface area contributed by atoms with E-state index in [-0.39, 0.29) is 48.1 Å². The third-order valence-electron chi connectivity index (χ3n) is 7.97. The van der Waals surface area contributed by atoms with Crippen LogP contribution in [0.4, 0.5) is 4.39 Å². The topological polar surface area (TPSA) is 163 Å². The molecular weight excluding hydrogens is 581 g/mol. The van der Waals surface area contributed by atoms with E-state index in [1.807, 2.05) is 13.8 Å². The summed E-state index contributed by atoms with van der Waals surface area (Å²) in [6.07, 6.45) is 8.66. The summed E-state index contributed by atoms with van der Waals surface area (Å²) in [6.45, 7) is 5.09. The normalized spacial score (nSPS) is 23.9. The van der Waals surface area contributed by atoms with E-state index >= 15 is 0 Å². The first-order valence-corrected chi connectivity index (χ1v) is 16.0. The second-order valence-electron chi connectivity index (χ2n) is 12.4. The van der Waals surface area contributed by atoms with Gasteiger partial charge in [-0.1, -0.05) is 39.5 Å². The third kappa shape index (κ3) is 11.2. The molecule has 4 amide bonds. The van der Waals surface area contributed by atoms with Gasteiger partial charge in [0.15, 0.2) is 0 Å². The summed E-state index contributed by atoms with van der Waals surface area (Å²) in [5, 5.41) is 7.17. The zero-order valence-electron chi connectivity index (χ0n) is 26.9. The highest BCUT2D eigenvalue weighted by atomic mass is 19.1. The van der Waals surface area contributed by atoms with E-state index in [1.165, 1.54) is 20.9 Å². The zero-order valence-corrected chi connectivity index (χ0v) is 26.9. The van der Waals surface area contributed by atoms with Crippen LogP contribution in [0.5, 0.6) is 5.75 Å². The molecule has 45 heavy (non-hydrogen) atoms. The Balaban J connectivity index is 1.84. The van der Waals surface area contributed by atoms with Crippen LogP contribution in [0.25, 0.3) is 0 Å². The monoisotopic (exact) mass is 631 g/mol. The molecule has 1 aromatic rings. The quantitative estimate of drug-likeness (QED) is 0.361. The van der Waals surface area contributed by atoms with Gasteiger partial charge in [-0.15, -0.1) is 0 Å². The summed E-state index contributed by atoms with van der Waals surface area (Å²) in [4.78, 5) is 56.2. The molecule has 13 heteroatoms. The van der Waals surface area contributed by atoms with E-state index in [1.54, 1.807) is 13.2 Å². The van der Waals surface area contributed by atoms with Gasteiger partial charge in [0.1, 0.15) is 30.3 Å². The summed E-state index contributed by atoms with van der Waals surface area (Å²) in [7, 11) is 1.56. The van der Waals surface area contributed by atoms with Gasteiger partial charge in [0.25, 0.3) is 5.91 Å². The Morgan fingerprint density at radius 1 is 1.00 bits per heavy atom. The molecule has 0 aliphatic carbocycles. The maximum absolute atomic E-state index is 14.2. The zero-order chi connectivity index (χ0) is 32.9. The number of amides is 4. The van der Waals surface area contributed by atoms with Gasteiger partial charge in [-0.05, 0) is 50.2 Å². The van der Waals surface area contributed by atoms with Crippen molar-refractivity contribution in [2.24, 2.45) is 17.5 Å². The maximum Gasteiger partial charge on any atom is 0.255 e. The van der Waals surface area contributed by atoms with Crippen molar-refractivity contribution in [3.8, 4) is 5.75 Å². The lowest BCUT2D eigenvalue weighted by Gasteiger charge is -2.31. The fourth-order valence-electron chi connectivity index (χ4n) is 5.65. The largest absolute Gasteiger partial charge is 0.486 e. The number of hydrogen-bond acceptors (Lipinski definition) is 8.